The van der Waals surface area contributed by atoms with Gasteiger partial charge < -0.3 is 18.5 Å². The maximum atomic E-state index is 12.6. The first kappa shape index (κ1) is 39.8. The molecule has 0 aromatic carbocycles. The predicted octanol–water partition coefficient (Wildman–Crippen LogP) is 7.29. The van der Waals surface area contributed by atoms with E-state index >= 15 is 0 Å². The fourth-order valence-corrected chi connectivity index (χ4v) is 5.58. The first-order chi connectivity index (χ1) is 19.5. The Kier molecular flexibility index (Phi) is 24.6. The quantitative estimate of drug-likeness (QED) is 0.0381. The molecule has 0 saturated carbocycles. The minimum atomic E-state index is -4.27. The van der Waals surface area contributed by atoms with Crippen molar-refractivity contribution in [3.63, 3.8) is 0 Å². The summed E-state index contributed by atoms with van der Waals surface area (Å²) in [5, 5.41) is 0. The van der Waals surface area contributed by atoms with Crippen LogP contribution in [0, 0.1) is 0 Å². The molecule has 9 heteroatoms. The molecule has 8 nitrogen and oxygen atoms in total. The van der Waals surface area contributed by atoms with E-state index in [1.165, 1.54) is 77.0 Å². The molecular formula is C32H63NO7S. The number of esters is 2. The van der Waals surface area contributed by atoms with E-state index in [-0.39, 0.29) is 25.0 Å². The van der Waals surface area contributed by atoms with E-state index in [1.807, 2.05) is 14.1 Å². The Morgan fingerprint density at radius 1 is 0.659 bits per heavy atom. The lowest BCUT2D eigenvalue weighted by Gasteiger charge is -2.33. The van der Waals surface area contributed by atoms with Crippen molar-refractivity contribution < 1.29 is 36.5 Å². The molecule has 0 fully saturated rings. The molecular weight excluding hydrogens is 542 g/mol. The molecule has 0 aliphatic rings. The first-order valence-electron chi connectivity index (χ1n) is 16.6. The third-order valence-electron chi connectivity index (χ3n) is 7.55. The highest BCUT2D eigenvalue weighted by molar-refractivity contribution is 7.85. The van der Waals surface area contributed by atoms with E-state index in [0.29, 0.717) is 30.4 Å². The Balaban J connectivity index is 4.53. The lowest BCUT2D eigenvalue weighted by molar-refractivity contribution is -0.893. The average Bonchev–Trinajstić information content (AvgIpc) is 2.88. The Hall–Kier alpha value is -1.19. The van der Waals surface area contributed by atoms with Gasteiger partial charge in [0.1, 0.15) is 13.2 Å². The minimum Gasteiger partial charge on any atom is -0.748 e. The molecule has 0 N–H and O–H groups in total. The number of rotatable bonds is 29. The summed E-state index contributed by atoms with van der Waals surface area (Å²) in [5.74, 6) is -1.00. The predicted molar refractivity (Wildman–Crippen MR) is 166 cm³/mol. The smallest absolute Gasteiger partial charge is 0.306 e. The number of carbonyl (C=O) groups excluding carboxylic acids is 2. The van der Waals surface area contributed by atoms with Gasteiger partial charge in [0, 0.05) is 25.0 Å². The summed E-state index contributed by atoms with van der Waals surface area (Å²) in [6, 6.07) is 0. The van der Waals surface area contributed by atoms with Gasteiger partial charge in [-0.3, -0.25) is 9.59 Å². The van der Waals surface area contributed by atoms with Crippen LogP contribution in [0.5, 0.6) is 0 Å². The van der Waals surface area contributed by atoms with Gasteiger partial charge in [-0.15, -0.1) is 0 Å². The van der Waals surface area contributed by atoms with Crippen LogP contribution in [0.25, 0.3) is 0 Å². The summed E-state index contributed by atoms with van der Waals surface area (Å²) in [7, 11) is -0.491. The maximum Gasteiger partial charge on any atom is 0.306 e. The number of likely N-dealkylation sites (N-methyl/N-ethyl adjacent to an activating group) is 1. The molecule has 244 valence electrons. The van der Waals surface area contributed by atoms with Crippen LogP contribution >= 0.6 is 0 Å². The van der Waals surface area contributed by atoms with E-state index in [4.69, 9.17) is 9.47 Å². The molecule has 1 atom stereocenters. The number of nitrogens with zero attached hydrogens (tertiary/aromatic N) is 1. The highest BCUT2D eigenvalue weighted by Gasteiger charge is 2.26. The summed E-state index contributed by atoms with van der Waals surface area (Å²) in [6.45, 7) is 5.22. The van der Waals surface area contributed by atoms with Crippen LogP contribution in [-0.4, -0.2) is 75.0 Å². The Morgan fingerprint density at radius 2 is 1.07 bits per heavy atom. The third kappa shape index (κ3) is 28.7. The van der Waals surface area contributed by atoms with Gasteiger partial charge in [0.15, 0.2) is 6.10 Å². The molecule has 0 aromatic rings. The molecule has 0 aliphatic heterocycles. The molecule has 0 heterocycles. The summed E-state index contributed by atoms with van der Waals surface area (Å²) in [6.07, 6.45) is 21.3. The van der Waals surface area contributed by atoms with Gasteiger partial charge in [-0.05, 0) is 12.8 Å². The minimum absolute atomic E-state index is 0.0126. The van der Waals surface area contributed by atoms with Crippen LogP contribution in [0.2, 0.25) is 0 Å². The van der Waals surface area contributed by atoms with Crippen molar-refractivity contribution in [2.24, 2.45) is 0 Å². The highest BCUT2D eigenvalue weighted by atomic mass is 32.2. The molecule has 0 radical (unpaired) electrons. The largest absolute Gasteiger partial charge is 0.748 e. The lowest BCUT2D eigenvalue weighted by atomic mass is 10.1. The molecule has 41 heavy (non-hydrogen) atoms. The molecule has 0 bridgehead atoms. The van der Waals surface area contributed by atoms with Crippen molar-refractivity contribution in [1.29, 1.82) is 0 Å². The summed E-state index contributed by atoms with van der Waals surface area (Å²) in [4.78, 5) is 25.0. The van der Waals surface area contributed by atoms with Crippen molar-refractivity contribution in [2.45, 2.75) is 155 Å². The SMILES string of the molecule is CCCCCCCCCCCC(=O)OCC(C[N+](C)(C)CCCS(=O)(=O)[O-])OC(=O)CCCCCCCCCCC. The Morgan fingerprint density at radius 3 is 1.51 bits per heavy atom. The zero-order chi connectivity index (χ0) is 30.8. The second-order valence-electron chi connectivity index (χ2n) is 12.4. The van der Waals surface area contributed by atoms with E-state index in [9.17, 15) is 22.6 Å². The van der Waals surface area contributed by atoms with E-state index in [2.05, 4.69) is 13.8 Å². The number of ether oxygens (including phenoxy) is 2. The van der Waals surface area contributed by atoms with Gasteiger partial charge >= 0.3 is 11.9 Å². The number of quaternary nitrogens is 1. The highest BCUT2D eigenvalue weighted by Crippen LogP contribution is 2.14. The summed E-state index contributed by atoms with van der Waals surface area (Å²) >= 11 is 0. The van der Waals surface area contributed by atoms with Crippen molar-refractivity contribution in [1.82, 2.24) is 0 Å². The third-order valence-corrected chi connectivity index (χ3v) is 8.34. The van der Waals surface area contributed by atoms with Gasteiger partial charge in [0.2, 0.25) is 0 Å². The van der Waals surface area contributed by atoms with Crippen LogP contribution < -0.4 is 0 Å². The number of hydrogen-bond acceptors (Lipinski definition) is 7. The molecule has 0 rings (SSSR count). The second-order valence-corrected chi connectivity index (χ2v) is 13.9. The normalized spacial score (nSPS) is 12.8. The lowest BCUT2D eigenvalue weighted by Crippen LogP contribution is -2.49. The maximum absolute atomic E-state index is 12.6. The first-order valence-corrected chi connectivity index (χ1v) is 18.2. The monoisotopic (exact) mass is 605 g/mol. The van der Waals surface area contributed by atoms with E-state index < -0.39 is 22.0 Å². The zero-order valence-corrected chi connectivity index (χ0v) is 27.8. The standard InChI is InChI=1S/C32H63NO7S/c1-5-7-9-11-13-15-17-19-21-24-31(34)39-29-30(28-33(3,4)26-23-27-41(36,37)38)40-32(35)25-22-20-18-16-14-12-10-8-6-2/h30H,5-29H2,1-4H3. The molecule has 1 unspecified atom stereocenters. The van der Waals surface area contributed by atoms with Gasteiger partial charge in [0.05, 0.1) is 30.8 Å². The van der Waals surface area contributed by atoms with Crippen LogP contribution in [0.1, 0.15) is 149 Å². The summed E-state index contributed by atoms with van der Waals surface area (Å²) < 4.78 is 44.6. The van der Waals surface area contributed by atoms with E-state index in [1.54, 1.807) is 0 Å². The number of hydrogen-bond donors (Lipinski definition) is 0. The fourth-order valence-electron chi connectivity index (χ4n) is 5.10. The van der Waals surface area contributed by atoms with Crippen molar-refractivity contribution >= 4 is 22.1 Å². The van der Waals surface area contributed by atoms with Gasteiger partial charge in [0.25, 0.3) is 0 Å². The van der Waals surface area contributed by atoms with Crippen LogP contribution in [0.3, 0.4) is 0 Å². The zero-order valence-electron chi connectivity index (χ0n) is 27.0. The topological polar surface area (TPSA) is 110 Å². The van der Waals surface area contributed by atoms with Crippen LogP contribution in [0.15, 0.2) is 0 Å². The van der Waals surface area contributed by atoms with Gasteiger partial charge in [-0.25, -0.2) is 8.42 Å². The van der Waals surface area contributed by atoms with Crippen molar-refractivity contribution in [3.8, 4) is 0 Å². The molecule has 0 aromatic heterocycles. The number of unbranched alkanes of at least 4 members (excludes halogenated alkanes) is 16. The Labute approximate surface area is 252 Å². The van der Waals surface area contributed by atoms with Gasteiger partial charge in [-0.1, -0.05) is 117 Å². The Bertz CT molecular complexity index is 755. The van der Waals surface area contributed by atoms with Crippen LogP contribution in [-0.2, 0) is 29.2 Å². The molecule has 0 aliphatic carbocycles. The second kappa shape index (κ2) is 25.3. The fraction of sp³-hybridized carbons (Fsp3) is 0.938. The number of carbonyl (C=O) groups is 2. The van der Waals surface area contributed by atoms with Crippen LogP contribution in [0.4, 0.5) is 0 Å². The van der Waals surface area contributed by atoms with Crippen molar-refractivity contribution in [2.75, 3.05) is 39.5 Å². The summed E-state index contributed by atoms with van der Waals surface area (Å²) in [5.41, 5.74) is 0. The van der Waals surface area contributed by atoms with Gasteiger partial charge in [-0.2, -0.15) is 0 Å². The average molecular weight is 606 g/mol. The molecule has 0 spiro atoms. The van der Waals surface area contributed by atoms with E-state index in [0.717, 1.165) is 38.5 Å². The molecule has 0 amide bonds. The van der Waals surface area contributed by atoms with Crippen molar-refractivity contribution in [3.05, 3.63) is 0 Å². The molecule has 0 saturated heterocycles.